The molecule has 5 nitrogen and oxygen atoms in total. The summed E-state index contributed by atoms with van der Waals surface area (Å²) in [4.78, 5) is 21.6. The van der Waals surface area contributed by atoms with E-state index in [9.17, 15) is 4.79 Å². The number of aromatic nitrogens is 2. The van der Waals surface area contributed by atoms with Gasteiger partial charge in [0.15, 0.2) is 0 Å². The predicted molar refractivity (Wildman–Crippen MR) is 88.8 cm³/mol. The Labute approximate surface area is 138 Å². The first-order valence-electron chi connectivity index (χ1n) is 7.42. The number of nitrogens with one attached hydrogen (secondary N) is 1. The van der Waals surface area contributed by atoms with Gasteiger partial charge in [0.1, 0.15) is 11.4 Å². The Kier molecular flexibility index (Phi) is 3.89. The van der Waals surface area contributed by atoms with E-state index >= 15 is 0 Å². The molecule has 0 saturated carbocycles. The van der Waals surface area contributed by atoms with Gasteiger partial charge in [-0.1, -0.05) is 15.9 Å². The number of carbonyl (C=O) groups excluding carboxylic acids is 1. The third-order valence-corrected chi connectivity index (χ3v) is 4.08. The molecule has 6 heteroatoms. The van der Waals surface area contributed by atoms with Crippen LogP contribution in [0.15, 0.2) is 22.7 Å². The van der Waals surface area contributed by atoms with Crippen molar-refractivity contribution < 1.29 is 9.53 Å². The minimum Gasteiger partial charge on any atom is -0.444 e. The maximum Gasteiger partial charge on any atom is 0.410 e. The van der Waals surface area contributed by atoms with Gasteiger partial charge >= 0.3 is 6.09 Å². The summed E-state index contributed by atoms with van der Waals surface area (Å²) in [6, 6.07) is 6.01. The van der Waals surface area contributed by atoms with E-state index in [0.29, 0.717) is 5.92 Å². The van der Waals surface area contributed by atoms with Crippen molar-refractivity contribution in [3.8, 4) is 0 Å². The maximum atomic E-state index is 11.9. The van der Waals surface area contributed by atoms with Gasteiger partial charge in [-0.15, -0.1) is 0 Å². The van der Waals surface area contributed by atoms with E-state index < -0.39 is 5.60 Å². The Balaban J connectivity index is 1.56. The molecule has 1 N–H and O–H groups in total. The van der Waals surface area contributed by atoms with Gasteiger partial charge in [0.25, 0.3) is 0 Å². The molecular weight excluding hydrogens is 346 g/mol. The molecule has 0 spiro atoms. The fourth-order valence-corrected chi connectivity index (χ4v) is 2.94. The SMILES string of the molecule is CC(C)(C)OC(=O)N1CC(Cc2nc3ccc(Br)cc3[nH]2)C1. The van der Waals surface area contributed by atoms with Gasteiger partial charge in [0.2, 0.25) is 0 Å². The van der Waals surface area contributed by atoms with Crippen molar-refractivity contribution in [1.82, 2.24) is 14.9 Å². The molecule has 0 bridgehead atoms. The smallest absolute Gasteiger partial charge is 0.410 e. The van der Waals surface area contributed by atoms with Crippen molar-refractivity contribution in [1.29, 1.82) is 0 Å². The van der Waals surface area contributed by atoms with Crippen LogP contribution in [0.5, 0.6) is 0 Å². The molecule has 1 aliphatic heterocycles. The highest BCUT2D eigenvalue weighted by molar-refractivity contribution is 9.10. The number of benzene rings is 1. The van der Waals surface area contributed by atoms with E-state index in [1.807, 2.05) is 39.0 Å². The first-order valence-corrected chi connectivity index (χ1v) is 8.21. The van der Waals surface area contributed by atoms with E-state index in [4.69, 9.17) is 4.74 Å². The standard InChI is InChI=1S/C16H20BrN3O2/c1-16(2,3)22-15(21)20-8-10(9-20)6-14-18-12-5-4-11(17)7-13(12)19-14/h4-5,7,10H,6,8-9H2,1-3H3,(H,18,19). The molecule has 1 aliphatic rings. The predicted octanol–water partition coefficient (Wildman–Crippen LogP) is 3.73. The van der Waals surface area contributed by atoms with Crippen molar-refractivity contribution in [2.75, 3.05) is 13.1 Å². The van der Waals surface area contributed by atoms with E-state index in [0.717, 1.165) is 40.8 Å². The summed E-state index contributed by atoms with van der Waals surface area (Å²) >= 11 is 3.46. The van der Waals surface area contributed by atoms with E-state index in [1.54, 1.807) is 4.90 Å². The number of aromatic amines is 1. The number of amides is 1. The number of rotatable bonds is 2. The highest BCUT2D eigenvalue weighted by Crippen LogP contribution is 2.24. The number of ether oxygens (including phenoxy) is 1. The van der Waals surface area contributed by atoms with Crippen LogP contribution in [0, 0.1) is 5.92 Å². The number of likely N-dealkylation sites (tertiary alicyclic amines) is 1. The van der Waals surface area contributed by atoms with Crippen molar-refractivity contribution in [3.63, 3.8) is 0 Å². The van der Waals surface area contributed by atoms with Crippen molar-refractivity contribution >= 4 is 33.1 Å². The van der Waals surface area contributed by atoms with Gasteiger partial charge < -0.3 is 14.6 Å². The summed E-state index contributed by atoms with van der Waals surface area (Å²) in [5, 5.41) is 0. The molecule has 0 unspecified atom stereocenters. The van der Waals surface area contributed by atoms with Crippen molar-refractivity contribution in [3.05, 3.63) is 28.5 Å². The summed E-state index contributed by atoms with van der Waals surface area (Å²) in [6.07, 6.45) is 0.628. The summed E-state index contributed by atoms with van der Waals surface area (Å²) in [5.41, 5.74) is 1.57. The van der Waals surface area contributed by atoms with Crippen LogP contribution >= 0.6 is 15.9 Å². The lowest BCUT2D eigenvalue weighted by atomic mass is 9.97. The molecule has 0 aliphatic carbocycles. The van der Waals surface area contributed by atoms with Crippen molar-refractivity contribution in [2.45, 2.75) is 32.8 Å². The molecule has 0 atom stereocenters. The van der Waals surface area contributed by atoms with E-state index in [1.165, 1.54) is 0 Å². The van der Waals surface area contributed by atoms with Crippen molar-refractivity contribution in [2.24, 2.45) is 5.92 Å². The lowest BCUT2D eigenvalue weighted by Crippen LogP contribution is -2.52. The van der Waals surface area contributed by atoms with Gasteiger partial charge in [-0.2, -0.15) is 0 Å². The minimum atomic E-state index is -0.436. The van der Waals surface area contributed by atoms with Crippen LogP contribution in [0.4, 0.5) is 4.79 Å². The third kappa shape index (κ3) is 3.43. The molecule has 22 heavy (non-hydrogen) atoms. The lowest BCUT2D eigenvalue weighted by molar-refractivity contribution is -0.00111. The summed E-state index contributed by atoms with van der Waals surface area (Å²) < 4.78 is 6.40. The molecule has 118 valence electrons. The second kappa shape index (κ2) is 5.57. The summed E-state index contributed by atoms with van der Waals surface area (Å²) in [6.45, 7) is 7.11. The number of nitrogens with zero attached hydrogens (tertiary/aromatic N) is 2. The van der Waals surface area contributed by atoms with Crippen LogP contribution < -0.4 is 0 Å². The first kappa shape index (κ1) is 15.3. The van der Waals surface area contributed by atoms with Crippen LogP contribution in [0.2, 0.25) is 0 Å². The lowest BCUT2D eigenvalue weighted by Gasteiger charge is -2.39. The van der Waals surface area contributed by atoms with Gasteiger partial charge in [0.05, 0.1) is 11.0 Å². The summed E-state index contributed by atoms with van der Waals surface area (Å²) in [7, 11) is 0. The number of fused-ring (bicyclic) bond motifs is 1. The van der Waals surface area contributed by atoms with Crippen LogP contribution in [-0.4, -0.2) is 39.7 Å². The zero-order chi connectivity index (χ0) is 15.9. The summed E-state index contributed by atoms with van der Waals surface area (Å²) in [5.74, 6) is 1.42. The number of hydrogen-bond acceptors (Lipinski definition) is 3. The van der Waals surface area contributed by atoms with E-state index in [2.05, 4.69) is 25.9 Å². The quantitative estimate of drug-likeness (QED) is 0.881. The number of hydrogen-bond donors (Lipinski definition) is 1. The number of H-pyrrole nitrogens is 1. The zero-order valence-electron chi connectivity index (χ0n) is 13.0. The second-order valence-corrected chi connectivity index (χ2v) is 7.72. The molecular formula is C16H20BrN3O2. The average Bonchev–Trinajstić information content (AvgIpc) is 2.72. The van der Waals surface area contributed by atoms with E-state index in [-0.39, 0.29) is 6.09 Å². The number of carbonyl (C=O) groups is 1. The molecule has 1 amide bonds. The van der Waals surface area contributed by atoms with Crippen LogP contribution in [0.1, 0.15) is 26.6 Å². The molecule has 2 aromatic rings. The topological polar surface area (TPSA) is 58.2 Å². The highest BCUT2D eigenvalue weighted by atomic mass is 79.9. The third-order valence-electron chi connectivity index (χ3n) is 3.58. The molecule has 0 radical (unpaired) electrons. The molecule has 1 aromatic carbocycles. The monoisotopic (exact) mass is 365 g/mol. The second-order valence-electron chi connectivity index (χ2n) is 6.80. The fraction of sp³-hybridized carbons (Fsp3) is 0.500. The van der Waals surface area contributed by atoms with Gasteiger partial charge in [-0.25, -0.2) is 9.78 Å². The fourth-order valence-electron chi connectivity index (χ4n) is 2.58. The molecule has 1 fully saturated rings. The molecule has 1 saturated heterocycles. The molecule has 2 heterocycles. The average molecular weight is 366 g/mol. The van der Waals surface area contributed by atoms with Crippen LogP contribution in [-0.2, 0) is 11.2 Å². The van der Waals surface area contributed by atoms with Gasteiger partial charge in [-0.05, 0) is 39.0 Å². The van der Waals surface area contributed by atoms with Crippen LogP contribution in [0.25, 0.3) is 11.0 Å². The minimum absolute atomic E-state index is 0.225. The normalized spacial score (nSPS) is 15.9. The number of halogens is 1. The first-order chi connectivity index (χ1) is 10.3. The molecule has 3 rings (SSSR count). The largest absolute Gasteiger partial charge is 0.444 e. The Morgan fingerprint density at radius 3 is 2.86 bits per heavy atom. The Morgan fingerprint density at radius 2 is 2.18 bits per heavy atom. The van der Waals surface area contributed by atoms with Crippen LogP contribution in [0.3, 0.4) is 0 Å². The Bertz CT molecular complexity index is 699. The Morgan fingerprint density at radius 1 is 1.45 bits per heavy atom. The Hall–Kier alpha value is -1.56. The molecule has 1 aromatic heterocycles. The maximum absolute atomic E-state index is 11.9. The number of imidazole rings is 1. The van der Waals surface area contributed by atoms with Gasteiger partial charge in [-0.3, -0.25) is 0 Å². The highest BCUT2D eigenvalue weighted by Gasteiger charge is 2.34. The zero-order valence-corrected chi connectivity index (χ0v) is 14.6. The van der Waals surface area contributed by atoms with Gasteiger partial charge in [0, 0.05) is 29.9 Å².